The Hall–Kier alpha value is -3.20. The van der Waals surface area contributed by atoms with Crippen molar-refractivity contribution in [1.29, 1.82) is 0 Å². The highest BCUT2D eigenvalue weighted by atomic mass is 32.2. The van der Waals surface area contributed by atoms with Crippen LogP contribution in [0.3, 0.4) is 0 Å². The summed E-state index contributed by atoms with van der Waals surface area (Å²) in [5.74, 6) is -0.185. The Kier molecular flexibility index (Phi) is 7.02. The lowest BCUT2D eigenvalue weighted by Gasteiger charge is -2.34. The molecule has 2 aromatic carbocycles. The van der Waals surface area contributed by atoms with Gasteiger partial charge in [0, 0.05) is 30.3 Å². The number of nitrogens with one attached hydrogen (secondary N) is 2. The lowest BCUT2D eigenvalue weighted by molar-refractivity contribution is -0.136. The van der Waals surface area contributed by atoms with Gasteiger partial charge in [0.2, 0.25) is 11.8 Å². The van der Waals surface area contributed by atoms with E-state index in [1.54, 1.807) is 23.1 Å². The van der Waals surface area contributed by atoms with Crippen LogP contribution in [0.15, 0.2) is 64.5 Å². The van der Waals surface area contributed by atoms with Crippen molar-refractivity contribution >= 4 is 33.4 Å². The number of piperidine rings is 1. The highest BCUT2D eigenvalue weighted by Crippen LogP contribution is 2.26. The first-order valence-corrected chi connectivity index (χ1v) is 13.1. The van der Waals surface area contributed by atoms with Gasteiger partial charge in [-0.05, 0) is 43.0 Å². The number of anilines is 1. The van der Waals surface area contributed by atoms with Gasteiger partial charge >= 0.3 is 0 Å². The van der Waals surface area contributed by atoms with Crippen LogP contribution in [-0.2, 0) is 19.6 Å². The molecule has 2 atom stereocenters. The smallest absolute Gasteiger partial charge is 0.263 e. The third kappa shape index (κ3) is 4.99. The predicted octanol–water partition coefficient (Wildman–Crippen LogP) is 3.02. The van der Waals surface area contributed by atoms with Crippen molar-refractivity contribution in [3.63, 3.8) is 0 Å². The van der Waals surface area contributed by atoms with E-state index in [-0.39, 0.29) is 34.4 Å². The molecule has 180 valence electrons. The number of para-hydroxylation sites is 1. The Morgan fingerprint density at radius 1 is 1.09 bits per heavy atom. The number of carbonyl (C=O) groups excluding carboxylic acids is 2. The van der Waals surface area contributed by atoms with Gasteiger partial charge in [-0.3, -0.25) is 19.3 Å². The van der Waals surface area contributed by atoms with Crippen LogP contribution in [0.4, 0.5) is 5.69 Å². The molecule has 0 spiro atoms. The number of aliphatic imine (C=N–C) groups is 1. The van der Waals surface area contributed by atoms with Gasteiger partial charge in [0.25, 0.3) is 10.0 Å². The lowest BCUT2D eigenvalue weighted by Crippen LogP contribution is -2.47. The van der Waals surface area contributed by atoms with Crippen LogP contribution < -0.4 is 10.0 Å². The largest absolute Gasteiger partial charge is 0.341 e. The maximum Gasteiger partial charge on any atom is 0.263 e. The molecule has 1 fully saturated rings. The SMILES string of the molecule is CC[C@H](C)[C@H](N=C1NS(=O)(=O)c2ccccc21)C(=O)N1CCC(C(=O)Nc2ccccc2)CC1. The molecule has 0 unspecified atom stereocenters. The fourth-order valence-corrected chi connectivity index (χ4v) is 5.57. The average molecular weight is 483 g/mol. The Labute approximate surface area is 200 Å². The van der Waals surface area contributed by atoms with Crippen LogP contribution in [0.5, 0.6) is 0 Å². The van der Waals surface area contributed by atoms with Crippen molar-refractivity contribution in [2.75, 3.05) is 18.4 Å². The molecular formula is C25H30N4O4S. The molecular weight excluding hydrogens is 452 g/mol. The topological polar surface area (TPSA) is 108 Å². The zero-order valence-corrected chi connectivity index (χ0v) is 20.2. The zero-order valence-electron chi connectivity index (χ0n) is 19.4. The number of amides is 2. The molecule has 0 saturated carbocycles. The summed E-state index contributed by atoms with van der Waals surface area (Å²) >= 11 is 0. The van der Waals surface area contributed by atoms with Gasteiger partial charge in [0.05, 0.1) is 4.90 Å². The summed E-state index contributed by atoms with van der Waals surface area (Å²) in [6, 6.07) is 15.3. The third-order valence-electron chi connectivity index (χ3n) is 6.59. The van der Waals surface area contributed by atoms with Crippen LogP contribution >= 0.6 is 0 Å². The van der Waals surface area contributed by atoms with Crippen LogP contribution in [0, 0.1) is 11.8 Å². The van der Waals surface area contributed by atoms with Crippen LogP contribution in [0.1, 0.15) is 38.7 Å². The first-order chi connectivity index (χ1) is 16.3. The summed E-state index contributed by atoms with van der Waals surface area (Å²) in [6.45, 7) is 4.86. The molecule has 4 rings (SSSR count). The number of fused-ring (bicyclic) bond motifs is 1. The summed E-state index contributed by atoms with van der Waals surface area (Å²) < 4.78 is 27.4. The monoisotopic (exact) mass is 482 g/mol. The van der Waals surface area contributed by atoms with E-state index in [0.717, 1.165) is 12.1 Å². The molecule has 34 heavy (non-hydrogen) atoms. The van der Waals surface area contributed by atoms with Crippen LogP contribution in [0.25, 0.3) is 0 Å². The molecule has 0 aromatic heterocycles. The number of hydrogen-bond acceptors (Lipinski definition) is 5. The number of amidine groups is 1. The molecule has 0 radical (unpaired) electrons. The zero-order chi connectivity index (χ0) is 24.3. The first-order valence-electron chi connectivity index (χ1n) is 11.6. The molecule has 0 bridgehead atoms. The van der Waals surface area contributed by atoms with Gasteiger partial charge in [-0.1, -0.05) is 50.6 Å². The van der Waals surface area contributed by atoms with Gasteiger partial charge in [0.1, 0.15) is 11.9 Å². The van der Waals surface area contributed by atoms with E-state index in [2.05, 4.69) is 15.0 Å². The van der Waals surface area contributed by atoms with Gasteiger partial charge < -0.3 is 10.2 Å². The highest BCUT2D eigenvalue weighted by Gasteiger charge is 2.36. The molecule has 2 N–H and O–H groups in total. The minimum Gasteiger partial charge on any atom is -0.341 e. The summed E-state index contributed by atoms with van der Waals surface area (Å²) in [7, 11) is -3.68. The van der Waals surface area contributed by atoms with E-state index in [1.807, 2.05) is 44.2 Å². The van der Waals surface area contributed by atoms with Gasteiger partial charge in [0.15, 0.2) is 0 Å². The molecule has 2 heterocycles. The number of hydrogen-bond donors (Lipinski definition) is 2. The quantitative estimate of drug-likeness (QED) is 0.660. The Morgan fingerprint density at radius 3 is 2.41 bits per heavy atom. The van der Waals surface area contributed by atoms with Gasteiger partial charge in [-0.25, -0.2) is 8.42 Å². The first kappa shape index (κ1) is 23.9. The molecule has 9 heteroatoms. The van der Waals surface area contributed by atoms with Crippen LogP contribution in [-0.4, -0.2) is 50.1 Å². The van der Waals surface area contributed by atoms with Crippen molar-refractivity contribution in [3.8, 4) is 0 Å². The van der Waals surface area contributed by atoms with Crippen molar-refractivity contribution in [2.45, 2.75) is 44.0 Å². The van der Waals surface area contributed by atoms with Gasteiger partial charge in [-0.2, -0.15) is 0 Å². The summed E-state index contributed by atoms with van der Waals surface area (Å²) in [5, 5.41) is 2.94. The van der Waals surface area contributed by atoms with E-state index < -0.39 is 16.1 Å². The second-order valence-electron chi connectivity index (χ2n) is 8.86. The second kappa shape index (κ2) is 9.97. The normalized spacial score (nSPS) is 20.3. The number of likely N-dealkylation sites (tertiary alicyclic amines) is 1. The van der Waals surface area contributed by atoms with Crippen molar-refractivity contribution < 1.29 is 18.0 Å². The number of rotatable bonds is 6. The summed E-state index contributed by atoms with van der Waals surface area (Å²) in [4.78, 5) is 32.7. The number of benzene rings is 2. The Morgan fingerprint density at radius 2 is 1.74 bits per heavy atom. The standard InChI is InChI=1S/C25H30N4O4S/c1-3-17(2)22(27-23-20-11-7-8-12-21(20)34(32,33)28-23)25(31)29-15-13-18(14-16-29)24(30)26-19-9-5-4-6-10-19/h4-12,17-18,22H,3,13-16H2,1-2H3,(H,26,30)(H,27,28)/t17-,22-/m0/s1. The number of carbonyl (C=O) groups is 2. The van der Waals surface area contributed by atoms with Crippen molar-refractivity contribution in [3.05, 3.63) is 60.2 Å². The average Bonchev–Trinajstić information content (AvgIpc) is 3.12. The number of sulfonamides is 1. The molecule has 2 aliphatic rings. The van der Waals surface area contributed by atoms with E-state index in [4.69, 9.17) is 0 Å². The predicted molar refractivity (Wildman–Crippen MR) is 131 cm³/mol. The summed E-state index contributed by atoms with van der Waals surface area (Å²) in [5.41, 5.74) is 1.25. The van der Waals surface area contributed by atoms with E-state index in [1.165, 1.54) is 6.07 Å². The highest BCUT2D eigenvalue weighted by molar-refractivity contribution is 7.90. The van der Waals surface area contributed by atoms with E-state index in [0.29, 0.717) is 31.5 Å². The molecule has 2 aromatic rings. The van der Waals surface area contributed by atoms with Crippen LogP contribution in [0.2, 0.25) is 0 Å². The molecule has 2 aliphatic heterocycles. The van der Waals surface area contributed by atoms with Gasteiger partial charge in [-0.15, -0.1) is 0 Å². The fraction of sp³-hybridized carbons (Fsp3) is 0.400. The number of nitrogens with zero attached hydrogens (tertiary/aromatic N) is 2. The lowest BCUT2D eigenvalue weighted by atomic mass is 9.93. The Bertz CT molecular complexity index is 1190. The maximum atomic E-state index is 13.5. The molecule has 0 aliphatic carbocycles. The minimum atomic E-state index is -3.68. The maximum absolute atomic E-state index is 13.5. The minimum absolute atomic E-state index is 0.0333. The van der Waals surface area contributed by atoms with E-state index in [9.17, 15) is 18.0 Å². The summed E-state index contributed by atoms with van der Waals surface area (Å²) in [6.07, 6.45) is 1.87. The molecule has 2 amide bonds. The Balaban J connectivity index is 1.46. The van der Waals surface area contributed by atoms with Crippen molar-refractivity contribution in [1.82, 2.24) is 9.62 Å². The molecule has 1 saturated heterocycles. The third-order valence-corrected chi connectivity index (χ3v) is 7.98. The fourth-order valence-electron chi connectivity index (χ4n) is 4.33. The molecule has 8 nitrogen and oxygen atoms in total. The second-order valence-corrected chi connectivity index (χ2v) is 10.5. The van der Waals surface area contributed by atoms with E-state index >= 15 is 0 Å². The van der Waals surface area contributed by atoms with Crippen molar-refractivity contribution in [2.24, 2.45) is 16.8 Å².